The highest BCUT2D eigenvalue weighted by Gasteiger charge is 2.63. The van der Waals surface area contributed by atoms with Crippen LogP contribution < -0.4 is 5.32 Å². The number of amides is 3. The Kier molecular flexibility index (Phi) is 7.48. The molecule has 2 bridgehead atoms. The lowest BCUT2D eigenvalue weighted by atomic mass is 9.55. The van der Waals surface area contributed by atoms with Gasteiger partial charge in [-0.1, -0.05) is 74.0 Å². The lowest BCUT2D eigenvalue weighted by Crippen LogP contribution is -2.47. The Morgan fingerprint density at radius 3 is 1.88 bits per heavy atom. The van der Waals surface area contributed by atoms with Gasteiger partial charge in [0.15, 0.2) is 6.61 Å². The van der Waals surface area contributed by atoms with Gasteiger partial charge in [0, 0.05) is 22.0 Å². The van der Waals surface area contributed by atoms with Gasteiger partial charge in [0.2, 0.25) is 11.8 Å². The van der Waals surface area contributed by atoms with Gasteiger partial charge in [-0.15, -0.1) is 0 Å². The van der Waals surface area contributed by atoms with Gasteiger partial charge in [-0.05, 0) is 75.1 Å². The molecule has 9 heteroatoms. The fourth-order valence-corrected chi connectivity index (χ4v) is 7.56. The van der Waals surface area contributed by atoms with Crippen molar-refractivity contribution >= 4 is 56.9 Å². The maximum atomic E-state index is 14.2. The molecule has 3 aliphatic carbocycles. The first-order valence-electron chi connectivity index (χ1n) is 14.1. The topological polar surface area (TPSA) is 92.8 Å². The number of anilines is 1. The molecule has 0 unspecified atom stereocenters. The minimum atomic E-state index is -1.13. The smallest absolute Gasteiger partial charge is 0.329 e. The van der Waals surface area contributed by atoms with Crippen molar-refractivity contribution in [1.29, 1.82) is 0 Å². The number of rotatable bonds is 7. The molecule has 0 saturated carbocycles. The quantitative estimate of drug-likeness (QED) is 0.243. The van der Waals surface area contributed by atoms with Crippen LogP contribution in [0.2, 0.25) is 5.02 Å². The summed E-state index contributed by atoms with van der Waals surface area (Å²) in [5.74, 6) is -3.76. The van der Waals surface area contributed by atoms with E-state index in [-0.39, 0.29) is 36.0 Å². The second kappa shape index (κ2) is 11.0. The number of hydrogen-bond acceptors (Lipinski definition) is 5. The molecular formula is C33H30BrClN2O5. The standard InChI is InChI=1S/C33H30BrClN2O5/c1-16(2)14-24(33(41)42-15-25(38)36-23-13-12-22(34)30(35)17(23)3)37-31(39)28-26-18-8-4-5-9-19(18)27(29(28)32(37)40)21-11-7-6-10-20(21)26/h4-13,16,24,26-29H,14-15H2,1-3H3,(H,36,38)/t24-,26?,27?,28-,29+/m0/s1. The maximum absolute atomic E-state index is 14.2. The van der Waals surface area contributed by atoms with Gasteiger partial charge < -0.3 is 10.1 Å². The van der Waals surface area contributed by atoms with Crippen molar-refractivity contribution in [3.05, 3.63) is 98.0 Å². The second-order valence-electron chi connectivity index (χ2n) is 11.6. The number of nitrogens with zero attached hydrogens (tertiary/aromatic N) is 1. The first kappa shape index (κ1) is 28.6. The van der Waals surface area contributed by atoms with Crippen LogP contribution in [-0.2, 0) is 23.9 Å². The van der Waals surface area contributed by atoms with Gasteiger partial charge >= 0.3 is 5.97 Å². The average Bonchev–Trinajstić information content (AvgIpc) is 3.24. The van der Waals surface area contributed by atoms with Gasteiger partial charge in [-0.25, -0.2) is 4.79 Å². The fourth-order valence-electron chi connectivity index (χ4n) is 6.97. The number of halogens is 2. The van der Waals surface area contributed by atoms with Crippen LogP contribution in [0.3, 0.4) is 0 Å². The third kappa shape index (κ3) is 4.56. The number of imide groups is 1. The Morgan fingerprint density at radius 1 is 0.905 bits per heavy atom. The molecule has 3 aromatic carbocycles. The van der Waals surface area contributed by atoms with Crippen molar-refractivity contribution in [2.24, 2.45) is 17.8 Å². The summed E-state index contributed by atoms with van der Waals surface area (Å²) in [7, 11) is 0. The summed E-state index contributed by atoms with van der Waals surface area (Å²) in [6, 6.07) is 18.3. The molecule has 3 amide bonds. The molecule has 1 N–H and O–H groups in total. The Morgan fingerprint density at radius 2 is 1.40 bits per heavy atom. The van der Waals surface area contributed by atoms with Gasteiger partial charge in [-0.2, -0.15) is 0 Å². The van der Waals surface area contributed by atoms with Crippen molar-refractivity contribution in [3.63, 3.8) is 0 Å². The van der Waals surface area contributed by atoms with Crippen LogP contribution in [0.1, 0.15) is 59.9 Å². The Hall–Kier alpha value is -3.49. The van der Waals surface area contributed by atoms with E-state index in [9.17, 15) is 19.2 Å². The monoisotopic (exact) mass is 648 g/mol. The highest BCUT2D eigenvalue weighted by molar-refractivity contribution is 9.10. The summed E-state index contributed by atoms with van der Waals surface area (Å²) in [4.78, 5) is 55.7. The molecule has 1 aliphatic heterocycles. The van der Waals surface area contributed by atoms with Crippen LogP contribution in [0.25, 0.3) is 0 Å². The van der Waals surface area contributed by atoms with Crippen molar-refractivity contribution in [1.82, 2.24) is 4.90 Å². The van der Waals surface area contributed by atoms with Crippen LogP contribution in [0.15, 0.2) is 65.1 Å². The summed E-state index contributed by atoms with van der Waals surface area (Å²) >= 11 is 9.62. The van der Waals surface area contributed by atoms with E-state index in [2.05, 4.69) is 21.2 Å². The molecule has 0 spiro atoms. The van der Waals surface area contributed by atoms with E-state index in [0.717, 1.165) is 27.2 Å². The van der Waals surface area contributed by atoms with E-state index in [1.54, 1.807) is 19.1 Å². The summed E-state index contributed by atoms with van der Waals surface area (Å²) in [5, 5.41) is 3.18. The Balaban J connectivity index is 1.26. The molecule has 1 fully saturated rings. The minimum absolute atomic E-state index is 0.0155. The third-order valence-electron chi connectivity index (χ3n) is 8.72. The Labute approximate surface area is 257 Å². The van der Waals surface area contributed by atoms with Gasteiger partial charge in [0.1, 0.15) is 6.04 Å². The number of nitrogens with one attached hydrogen (secondary N) is 1. The third-order valence-corrected chi connectivity index (χ3v) is 10.1. The summed E-state index contributed by atoms with van der Waals surface area (Å²) < 4.78 is 6.15. The summed E-state index contributed by atoms with van der Waals surface area (Å²) in [5.41, 5.74) is 5.41. The van der Waals surface area contributed by atoms with Gasteiger partial charge in [-0.3, -0.25) is 19.3 Å². The highest BCUT2D eigenvalue weighted by Crippen LogP contribution is 2.61. The molecule has 4 aliphatic rings. The van der Waals surface area contributed by atoms with E-state index in [0.29, 0.717) is 20.7 Å². The zero-order valence-electron chi connectivity index (χ0n) is 23.4. The zero-order valence-corrected chi connectivity index (χ0v) is 25.7. The first-order chi connectivity index (χ1) is 20.1. The van der Waals surface area contributed by atoms with Crippen molar-refractivity contribution in [3.8, 4) is 0 Å². The first-order valence-corrected chi connectivity index (χ1v) is 15.2. The van der Waals surface area contributed by atoms with Crippen LogP contribution in [-0.4, -0.2) is 41.2 Å². The largest absolute Gasteiger partial charge is 0.454 e. The molecule has 1 saturated heterocycles. The number of hydrogen-bond donors (Lipinski definition) is 1. The number of carbonyl (C=O) groups is 4. The lowest BCUT2D eigenvalue weighted by Gasteiger charge is -2.45. The van der Waals surface area contributed by atoms with Gasteiger partial charge in [0.25, 0.3) is 5.91 Å². The van der Waals surface area contributed by atoms with E-state index in [1.165, 1.54) is 0 Å². The Bertz CT molecular complexity index is 1520. The SMILES string of the molecule is Cc1c(NC(=O)COC(=O)[C@H](CC(C)C)N2C(=O)[C@@H]3C4c5ccccc5C(c5ccccc54)[C@@H]3C2=O)ccc(Br)c1Cl. The van der Waals surface area contributed by atoms with Crippen LogP contribution in [0.4, 0.5) is 5.69 Å². The molecule has 1 heterocycles. The minimum Gasteiger partial charge on any atom is -0.454 e. The van der Waals surface area contributed by atoms with Crippen LogP contribution >= 0.6 is 27.5 Å². The zero-order chi connectivity index (χ0) is 29.9. The van der Waals surface area contributed by atoms with Gasteiger partial charge in [0.05, 0.1) is 16.9 Å². The molecule has 3 aromatic rings. The second-order valence-corrected chi connectivity index (χ2v) is 12.9. The lowest BCUT2D eigenvalue weighted by molar-refractivity contribution is -0.160. The van der Waals surface area contributed by atoms with Crippen molar-refractivity contribution in [2.75, 3.05) is 11.9 Å². The molecule has 3 atom stereocenters. The van der Waals surface area contributed by atoms with Crippen molar-refractivity contribution in [2.45, 2.75) is 45.1 Å². The van der Waals surface area contributed by atoms with E-state index in [1.807, 2.05) is 62.4 Å². The normalized spacial score (nSPS) is 22.5. The molecule has 7 nitrogen and oxygen atoms in total. The molecule has 0 radical (unpaired) electrons. The molecule has 7 rings (SSSR count). The number of ether oxygens (including phenoxy) is 1. The number of esters is 1. The van der Waals surface area contributed by atoms with E-state index >= 15 is 0 Å². The number of benzene rings is 3. The molecule has 42 heavy (non-hydrogen) atoms. The van der Waals surface area contributed by atoms with Crippen LogP contribution in [0.5, 0.6) is 0 Å². The predicted molar refractivity (Wildman–Crippen MR) is 162 cm³/mol. The molecule has 216 valence electrons. The summed E-state index contributed by atoms with van der Waals surface area (Å²) in [6.07, 6.45) is 0.230. The number of carbonyl (C=O) groups excluding carboxylic acids is 4. The van der Waals surface area contributed by atoms with Crippen LogP contribution in [0, 0.1) is 24.7 Å². The predicted octanol–water partition coefficient (Wildman–Crippen LogP) is 6.20. The number of likely N-dealkylation sites (tertiary alicyclic amines) is 1. The fraction of sp³-hybridized carbons (Fsp3) is 0.333. The highest BCUT2D eigenvalue weighted by atomic mass is 79.9. The molecule has 0 aromatic heterocycles. The molecular weight excluding hydrogens is 620 g/mol. The van der Waals surface area contributed by atoms with E-state index in [4.69, 9.17) is 16.3 Å². The summed E-state index contributed by atoms with van der Waals surface area (Å²) in [6.45, 7) is 5.04. The maximum Gasteiger partial charge on any atom is 0.329 e. The average molecular weight is 650 g/mol. The van der Waals surface area contributed by atoms with Crippen molar-refractivity contribution < 1.29 is 23.9 Å². The van der Waals surface area contributed by atoms with E-state index < -0.39 is 36.4 Å².